The fraction of sp³-hybridized carbons (Fsp3) is 0.800. The molecule has 102 valence electrons. The Labute approximate surface area is 110 Å². The first kappa shape index (κ1) is 13.6. The van der Waals surface area contributed by atoms with E-state index in [0.29, 0.717) is 6.04 Å². The average Bonchev–Trinajstić information content (AvgIpc) is 2.80. The molecule has 1 amide bonds. The van der Waals surface area contributed by atoms with E-state index in [1.165, 1.54) is 38.5 Å². The van der Waals surface area contributed by atoms with E-state index in [4.69, 9.17) is 0 Å². The predicted octanol–water partition coefficient (Wildman–Crippen LogP) is 2.38. The number of hydrogen-bond acceptors (Lipinski definition) is 2. The van der Waals surface area contributed by atoms with E-state index in [1.54, 1.807) is 0 Å². The van der Waals surface area contributed by atoms with Crippen molar-refractivity contribution >= 4 is 5.91 Å². The van der Waals surface area contributed by atoms with E-state index in [1.807, 2.05) is 0 Å². The fourth-order valence-corrected chi connectivity index (χ4v) is 2.92. The number of carbonyl (C=O) groups is 1. The van der Waals surface area contributed by atoms with E-state index < -0.39 is 0 Å². The smallest absolute Gasteiger partial charge is 0.223 e. The molecule has 0 saturated heterocycles. The van der Waals surface area contributed by atoms with Crippen LogP contribution in [-0.4, -0.2) is 25.0 Å². The molecular formula is C15H26N2O. The lowest BCUT2D eigenvalue weighted by molar-refractivity contribution is -0.124. The van der Waals surface area contributed by atoms with Crippen molar-refractivity contribution in [1.82, 2.24) is 10.6 Å². The topological polar surface area (TPSA) is 41.1 Å². The highest BCUT2D eigenvalue weighted by Gasteiger charge is 2.18. The first-order valence-corrected chi connectivity index (χ1v) is 7.52. The lowest BCUT2D eigenvalue weighted by Gasteiger charge is -2.17. The molecule has 2 aliphatic carbocycles. The average molecular weight is 250 g/mol. The van der Waals surface area contributed by atoms with Crippen LogP contribution in [0, 0.1) is 5.92 Å². The van der Waals surface area contributed by atoms with Crippen LogP contribution in [0.1, 0.15) is 51.4 Å². The van der Waals surface area contributed by atoms with Crippen molar-refractivity contribution in [3.63, 3.8) is 0 Å². The van der Waals surface area contributed by atoms with Gasteiger partial charge in [-0.1, -0.05) is 37.8 Å². The third kappa shape index (κ3) is 4.45. The summed E-state index contributed by atoms with van der Waals surface area (Å²) in [6, 6.07) is 0.678. The molecule has 0 unspecified atom stereocenters. The van der Waals surface area contributed by atoms with Crippen molar-refractivity contribution in [3.05, 3.63) is 12.2 Å². The number of nitrogens with one attached hydrogen (secondary N) is 2. The summed E-state index contributed by atoms with van der Waals surface area (Å²) in [4.78, 5) is 11.8. The van der Waals surface area contributed by atoms with Gasteiger partial charge >= 0.3 is 0 Å². The zero-order chi connectivity index (χ0) is 12.6. The van der Waals surface area contributed by atoms with Crippen molar-refractivity contribution < 1.29 is 4.79 Å². The molecule has 0 aromatic rings. The summed E-state index contributed by atoms with van der Waals surface area (Å²) < 4.78 is 0. The van der Waals surface area contributed by atoms with Crippen molar-refractivity contribution in [1.29, 1.82) is 0 Å². The highest BCUT2D eigenvalue weighted by atomic mass is 16.1. The van der Waals surface area contributed by atoms with Crippen LogP contribution < -0.4 is 10.6 Å². The Bertz CT molecular complexity index is 272. The maximum atomic E-state index is 11.8. The number of amides is 1. The molecule has 0 aromatic heterocycles. The molecule has 0 aromatic carbocycles. The van der Waals surface area contributed by atoms with Gasteiger partial charge in [0.25, 0.3) is 0 Å². The molecule has 0 radical (unpaired) electrons. The molecule has 3 nitrogen and oxygen atoms in total. The predicted molar refractivity (Wildman–Crippen MR) is 74.4 cm³/mol. The second-order valence-electron chi connectivity index (χ2n) is 5.57. The molecule has 3 heteroatoms. The third-order valence-electron chi connectivity index (χ3n) is 4.09. The highest BCUT2D eigenvalue weighted by molar-refractivity contribution is 5.79. The van der Waals surface area contributed by atoms with Crippen LogP contribution in [-0.2, 0) is 4.79 Å². The summed E-state index contributed by atoms with van der Waals surface area (Å²) in [6.45, 7) is 1.68. The molecule has 0 heterocycles. The standard InChI is InChI=1S/C15H26N2O/c18-15(13-7-5-6-8-13)17-12-11-16-14-9-3-1-2-4-10-14/h5-6,13-14,16H,1-4,7-12H2,(H,17,18). The van der Waals surface area contributed by atoms with Gasteiger partial charge in [0.2, 0.25) is 5.91 Å². The third-order valence-corrected chi connectivity index (χ3v) is 4.09. The first-order chi connectivity index (χ1) is 8.86. The Hall–Kier alpha value is -0.830. The molecule has 1 fully saturated rings. The van der Waals surface area contributed by atoms with E-state index in [-0.39, 0.29) is 11.8 Å². The van der Waals surface area contributed by atoms with Crippen LogP contribution in [0.15, 0.2) is 12.2 Å². The monoisotopic (exact) mass is 250 g/mol. The lowest BCUT2D eigenvalue weighted by Crippen LogP contribution is -2.38. The maximum Gasteiger partial charge on any atom is 0.223 e. The molecule has 2 N–H and O–H groups in total. The minimum atomic E-state index is 0.197. The fourth-order valence-electron chi connectivity index (χ4n) is 2.92. The molecular weight excluding hydrogens is 224 g/mol. The SMILES string of the molecule is O=C(NCCNC1CCCCCC1)C1CC=CC1. The van der Waals surface area contributed by atoms with Gasteiger partial charge in [-0.05, 0) is 25.7 Å². The molecule has 18 heavy (non-hydrogen) atoms. The van der Waals surface area contributed by atoms with Crippen LogP contribution in [0.25, 0.3) is 0 Å². The van der Waals surface area contributed by atoms with Crippen LogP contribution in [0.2, 0.25) is 0 Å². The quantitative estimate of drug-likeness (QED) is 0.447. The Morgan fingerprint density at radius 1 is 1.00 bits per heavy atom. The summed E-state index contributed by atoms with van der Waals surface area (Å²) in [5.74, 6) is 0.422. The number of rotatable bonds is 5. The van der Waals surface area contributed by atoms with Crippen LogP contribution in [0.5, 0.6) is 0 Å². The van der Waals surface area contributed by atoms with Crippen LogP contribution in [0.4, 0.5) is 0 Å². The summed E-state index contributed by atoms with van der Waals surface area (Å²) >= 11 is 0. The number of allylic oxidation sites excluding steroid dienone is 2. The first-order valence-electron chi connectivity index (χ1n) is 7.52. The van der Waals surface area contributed by atoms with Crippen molar-refractivity contribution in [2.24, 2.45) is 5.92 Å². The zero-order valence-corrected chi connectivity index (χ0v) is 11.3. The van der Waals surface area contributed by atoms with Crippen molar-refractivity contribution in [2.45, 2.75) is 57.4 Å². The number of carbonyl (C=O) groups excluding carboxylic acids is 1. The van der Waals surface area contributed by atoms with Gasteiger partial charge in [0.05, 0.1) is 0 Å². The molecule has 1 saturated carbocycles. The molecule has 0 atom stereocenters. The minimum absolute atomic E-state index is 0.197. The second kappa shape index (κ2) is 7.57. The second-order valence-corrected chi connectivity index (χ2v) is 5.57. The summed E-state index contributed by atoms with van der Waals surface area (Å²) in [6.07, 6.45) is 14.2. The molecule has 0 aliphatic heterocycles. The molecule has 0 bridgehead atoms. The summed E-state index contributed by atoms with van der Waals surface area (Å²) in [7, 11) is 0. The lowest BCUT2D eigenvalue weighted by atomic mass is 10.1. The highest BCUT2D eigenvalue weighted by Crippen LogP contribution is 2.18. The Morgan fingerprint density at radius 3 is 2.33 bits per heavy atom. The Balaban J connectivity index is 1.53. The van der Waals surface area contributed by atoms with Gasteiger partial charge in [0, 0.05) is 25.0 Å². The van der Waals surface area contributed by atoms with E-state index in [9.17, 15) is 4.79 Å². The number of hydrogen-bond donors (Lipinski definition) is 2. The molecule has 2 rings (SSSR count). The van der Waals surface area contributed by atoms with Gasteiger partial charge in [-0.3, -0.25) is 4.79 Å². The minimum Gasteiger partial charge on any atom is -0.355 e. The zero-order valence-electron chi connectivity index (χ0n) is 11.3. The summed E-state index contributed by atoms with van der Waals surface area (Å²) in [5, 5.41) is 6.62. The van der Waals surface area contributed by atoms with E-state index in [2.05, 4.69) is 22.8 Å². The van der Waals surface area contributed by atoms with Gasteiger partial charge in [0.15, 0.2) is 0 Å². The summed E-state index contributed by atoms with van der Waals surface area (Å²) in [5.41, 5.74) is 0. The molecule has 0 spiro atoms. The van der Waals surface area contributed by atoms with Gasteiger partial charge in [-0.15, -0.1) is 0 Å². The van der Waals surface area contributed by atoms with Gasteiger partial charge in [-0.25, -0.2) is 0 Å². The Kier molecular flexibility index (Phi) is 5.72. The van der Waals surface area contributed by atoms with Gasteiger partial charge in [0.1, 0.15) is 0 Å². The van der Waals surface area contributed by atoms with Crippen LogP contribution in [0.3, 0.4) is 0 Å². The van der Waals surface area contributed by atoms with Gasteiger partial charge in [-0.2, -0.15) is 0 Å². The molecule has 2 aliphatic rings. The Morgan fingerprint density at radius 2 is 1.67 bits per heavy atom. The maximum absolute atomic E-state index is 11.8. The van der Waals surface area contributed by atoms with E-state index in [0.717, 1.165) is 25.9 Å². The van der Waals surface area contributed by atoms with E-state index >= 15 is 0 Å². The van der Waals surface area contributed by atoms with Crippen molar-refractivity contribution in [2.75, 3.05) is 13.1 Å². The largest absolute Gasteiger partial charge is 0.355 e. The van der Waals surface area contributed by atoms with Crippen molar-refractivity contribution in [3.8, 4) is 0 Å². The normalized spacial score (nSPS) is 22.0. The van der Waals surface area contributed by atoms with Gasteiger partial charge < -0.3 is 10.6 Å². The van der Waals surface area contributed by atoms with Crippen LogP contribution >= 0.6 is 0 Å².